The topological polar surface area (TPSA) is 37.8 Å². The van der Waals surface area contributed by atoms with Crippen LogP contribution in [0.15, 0.2) is 0 Å². The van der Waals surface area contributed by atoms with Gasteiger partial charge in [0.2, 0.25) is 0 Å². The normalized spacial score (nSPS) is 10.3. The van der Waals surface area contributed by atoms with E-state index >= 15 is 0 Å². The molecule has 0 saturated carbocycles. The van der Waals surface area contributed by atoms with E-state index < -0.39 is 0 Å². The van der Waals surface area contributed by atoms with Crippen molar-refractivity contribution in [2.45, 2.75) is 27.3 Å². The molecule has 0 unspecified atom stereocenters. The van der Waals surface area contributed by atoms with Crippen LogP contribution >= 0.6 is 0 Å². The molecule has 12 heavy (non-hydrogen) atoms. The van der Waals surface area contributed by atoms with E-state index in [-0.39, 0.29) is 0 Å². The first kappa shape index (κ1) is 9.13. The van der Waals surface area contributed by atoms with Crippen LogP contribution in [0.4, 0.5) is 0 Å². The van der Waals surface area contributed by atoms with Crippen molar-refractivity contribution in [3.05, 3.63) is 22.8 Å². The molecular weight excluding hydrogens is 150 g/mol. The molecule has 1 N–H and O–H groups in total. The molecule has 0 aromatic carbocycles. The Bertz CT molecular complexity index is 281. The average molecular weight is 165 g/mol. The zero-order chi connectivity index (χ0) is 9.14. The standard InChI is InChI=1S/C9H15N3/c1-6-7(2)12-9(5-10-4)8(3)11-6/h10H,5H2,1-4H3. The lowest BCUT2D eigenvalue weighted by Gasteiger charge is -2.06. The Labute approximate surface area is 73.2 Å². The van der Waals surface area contributed by atoms with Crippen LogP contribution < -0.4 is 5.32 Å². The fourth-order valence-electron chi connectivity index (χ4n) is 1.10. The van der Waals surface area contributed by atoms with E-state index in [9.17, 15) is 0 Å². The van der Waals surface area contributed by atoms with Gasteiger partial charge in [-0.15, -0.1) is 0 Å². The molecular formula is C9H15N3. The van der Waals surface area contributed by atoms with Gasteiger partial charge in [0.1, 0.15) is 0 Å². The Morgan fingerprint density at radius 1 is 1.00 bits per heavy atom. The number of nitrogens with one attached hydrogen (secondary N) is 1. The smallest absolute Gasteiger partial charge is 0.0757 e. The quantitative estimate of drug-likeness (QED) is 0.713. The van der Waals surface area contributed by atoms with Crippen LogP contribution in [0.2, 0.25) is 0 Å². The molecule has 0 amide bonds. The van der Waals surface area contributed by atoms with Crippen LogP contribution in [0, 0.1) is 20.8 Å². The highest BCUT2D eigenvalue weighted by Gasteiger charge is 2.03. The van der Waals surface area contributed by atoms with Crippen molar-refractivity contribution in [3.63, 3.8) is 0 Å². The third-order valence-electron chi connectivity index (χ3n) is 1.92. The minimum absolute atomic E-state index is 0.792. The van der Waals surface area contributed by atoms with E-state index in [0.717, 1.165) is 29.3 Å². The summed E-state index contributed by atoms with van der Waals surface area (Å²) in [6.45, 7) is 6.76. The maximum Gasteiger partial charge on any atom is 0.0757 e. The summed E-state index contributed by atoms with van der Waals surface area (Å²) in [6.07, 6.45) is 0. The first-order valence-corrected chi connectivity index (χ1v) is 4.10. The summed E-state index contributed by atoms with van der Waals surface area (Å²) in [6, 6.07) is 0. The molecule has 3 nitrogen and oxygen atoms in total. The molecule has 66 valence electrons. The molecule has 0 aliphatic carbocycles. The van der Waals surface area contributed by atoms with E-state index in [4.69, 9.17) is 0 Å². The Balaban J connectivity index is 3.05. The lowest BCUT2D eigenvalue weighted by molar-refractivity contribution is 0.763. The predicted molar refractivity (Wildman–Crippen MR) is 49.0 cm³/mol. The largest absolute Gasteiger partial charge is 0.314 e. The first-order chi connectivity index (χ1) is 5.65. The van der Waals surface area contributed by atoms with Gasteiger partial charge < -0.3 is 5.32 Å². The average Bonchev–Trinajstić information content (AvgIpc) is 2.01. The van der Waals surface area contributed by atoms with Crippen LogP contribution in [0.5, 0.6) is 0 Å². The Morgan fingerprint density at radius 3 is 2.17 bits per heavy atom. The zero-order valence-corrected chi connectivity index (χ0v) is 8.10. The predicted octanol–water partition coefficient (Wildman–Crippen LogP) is 1.12. The highest BCUT2D eigenvalue weighted by molar-refractivity contribution is 5.17. The first-order valence-electron chi connectivity index (χ1n) is 4.10. The molecule has 1 heterocycles. The van der Waals surface area contributed by atoms with Crippen molar-refractivity contribution >= 4 is 0 Å². The summed E-state index contributed by atoms with van der Waals surface area (Å²) < 4.78 is 0. The van der Waals surface area contributed by atoms with Crippen molar-refractivity contribution in [2.75, 3.05) is 7.05 Å². The molecule has 1 aromatic rings. The van der Waals surface area contributed by atoms with Gasteiger partial charge in [0.05, 0.1) is 22.8 Å². The van der Waals surface area contributed by atoms with E-state index in [0.29, 0.717) is 0 Å². The number of aromatic nitrogens is 2. The monoisotopic (exact) mass is 165 g/mol. The molecule has 3 heteroatoms. The number of hydrogen-bond acceptors (Lipinski definition) is 3. The molecule has 0 aliphatic rings. The molecule has 0 bridgehead atoms. The maximum atomic E-state index is 4.44. The second kappa shape index (κ2) is 3.63. The Hall–Kier alpha value is -0.960. The van der Waals surface area contributed by atoms with Crippen LogP contribution in [-0.4, -0.2) is 17.0 Å². The summed E-state index contributed by atoms with van der Waals surface area (Å²) >= 11 is 0. The molecule has 0 radical (unpaired) electrons. The molecule has 1 aromatic heterocycles. The van der Waals surface area contributed by atoms with Crippen LogP contribution in [0.1, 0.15) is 22.8 Å². The van der Waals surface area contributed by atoms with Crippen molar-refractivity contribution in [1.82, 2.24) is 15.3 Å². The number of rotatable bonds is 2. The van der Waals surface area contributed by atoms with Gasteiger partial charge in [-0.3, -0.25) is 9.97 Å². The fourth-order valence-corrected chi connectivity index (χ4v) is 1.10. The second-order valence-corrected chi connectivity index (χ2v) is 2.96. The molecule has 0 atom stereocenters. The van der Waals surface area contributed by atoms with Gasteiger partial charge in [-0.1, -0.05) is 0 Å². The van der Waals surface area contributed by atoms with Crippen LogP contribution in [0.25, 0.3) is 0 Å². The summed E-state index contributed by atoms with van der Waals surface area (Å²) in [5.74, 6) is 0. The molecule has 0 fully saturated rings. The van der Waals surface area contributed by atoms with Gasteiger partial charge >= 0.3 is 0 Å². The van der Waals surface area contributed by atoms with E-state index in [2.05, 4.69) is 15.3 Å². The van der Waals surface area contributed by atoms with Crippen molar-refractivity contribution in [3.8, 4) is 0 Å². The SMILES string of the molecule is CNCc1nc(C)c(C)nc1C. The van der Waals surface area contributed by atoms with Crippen LogP contribution in [-0.2, 0) is 6.54 Å². The van der Waals surface area contributed by atoms with Crippen molar-refractivity contribution in [1.29, 1.82) is 0 Å². The lowest BCUT2D eigenvalue weighted by atomic mass is 10.2. The Kier molecular flexibility index (Phi) is 2.76. The molecule has 1 rings (SSSR count). The second-order valence-electron chi connectivity index (χ2n) is 2.96. The van der Waals surface area contributed by atoms with Gasteiger partial charge in [-0.05, 0) is 27.8 Å². The van der Waals surface area contributed by atoms with Crippen LogP contribution in [0.3, 0.4) is 0 Å². The highest BCUT2D eigenvalue weighted by Crippen LogP contribution is 2.05. The number of hydrogen-bond donors (Lipinski definition) is 1. The lowest BCUT2D eigenvalue weighted by Crippen LogP contribution is -2.11. The summed E-state index contributed by atoms with van der Waals surface area (Å²) in [4.78, 5) is 8.83. The number of aryl methyl sites for hydroxylation is 3. The minimum atomic E-state index is 0.792. The van der Waals surface area contributed by atoms with Gasteiger partial charge in [-0.2, -0.15) is 0 Å². The molecule has 0 spiro atoms. The number of nitrogens with zero attached hydrogens (tertiary/aromatic N) is 2. The fraction of sp³-hybridized carbons (Fsp3) is 0.556. The summed E-state index contributed by atoms with van der Waals surface area (Å²) in [7, 11) is 1.91. The van der Waals surface area contributed by atoms with Gasteiger partial charge in [0.25, 0.3) is 0 Å². The highest BCUT2D eigenvalue weighted by atomic mass is 14.9. The van der Waals surface area contributed by atoms with E-state index in [1.165, 1.54) is 0 Å². The molecule has 0 saturated heterocycles. The summed E-state index contributed by atoms with van der Waals surface area (Å²) in [5.41, 5.74) is 4.10. The van der Waals surface area contributed by atoms with Gasteiger partial charge in [-0.25, -0.2) is 0 Å². The maximum absolute atomic E-state index is 4.44. The Morgan fingerprint density at radius 2 is 1.58 bits per heavy atom. The van der Waals surface area contributed by atoms with Gasteiger partial charge in [0, 0.05) is 6.54 Å². The third-order valence-corrected chi connectivity index (χ3v) is 1.92. The van der Waals surface area contributed by atoms with Crippen molar-refractivity contribution in [2.24, 2.45) is 0 Å². The minimum Gasteiger partial charge on any atom is -0.314 e. The third kappa shape index (κ3) is 1.80. The van der Waals surface area contributed by atoms with Gasteiger partial charge in [0.15, 0.2) is 0 Å². The van der Waals surface area contributed by atoms with E-state index in [1.54, 1.807) is 0 Å². The van der Waals surface area contributed by atoms with Crippen molar-refractivity contribution < 1.29 is 0 Å². The van der Waals surface area contributed by atoms with E-state index in [1.807, 2.05) is 27.8 Å². The zero-order valence-electron chi connectivity index (χ0n) is 8.10. The molecule has 0 aliphatic heterocycles. The summed E-state index contributed by atoms with van der Waals surface area (Å²) in [5, 5.41) is 3.07.